The molecule has 4 heterocycles. The van der Waals surface area contributed by atoms with Gasteiger partial charge in [0.1, 0.15) is 11.4 Å². The second-order valence-electron chi connectivity index (χ2n) is 7.93. The fraction of sp³-hybridized carbons (Fsp3) is 0.364. The number of hydrogen-bond donors (Lipinski definition) is 0. The summed E-state index contributed by atoms with van der Waals surface area (Å²) >= 11 is 0. The van der Waals surface area contributed by atoms with Crippen LogP contribution in [-0.2, 0) is 20.1 Å². The van der Waals surface area contributed by atoms with Crippen molar-refractivity contribution in [2.24, 2.45) is 7.05 Å². The molecule has 3 aromatic rings. The number of carbonyl (C=O) groups excluding carboxylic acids is 1. The van der Waals surface area contributed by atoms with Crippen LogP contribution in [0.5, 0.6) is 5.75 Å². The first-order valence-electron chi connectivity index (χ1n) is 9.93. The van der Waals surface area contributed by atoms with Crippen molar-refractivity contribution in [1.82, 2.24) is 24.1 Å². The Kier molecular flexibility index (Phi) is 4.39. The summed E-state index contributed by atoms with van der Waals surface area (Å²) in [4.78, 5) is 17.7. The van der Waals surface area contributed by atoms with Crippen molar-refractivity contribution in [2.45, 2.75) is 25.2 Å². The molecule has 0 saturated carbocycles. The van der Waals surface area contributed by atoms with E-state index in [9.17, 15) is 4.79 Å². The normalized spacial score (nSPS) is 21.3. The molecule has 2 aliphatic rings. The number of aryl methyl sites for hydroxylation is 1. The molecule has 0 radical (unpaired) electrons. The number of nitrogens with zero attached hydrogens (tertiary/aromatic N) is 5. The molecule has 5 rings (SSSR count). The van der Waals surface area contributed by atoms with Crippen molar-refractivity contribution in [3.63, 3.8) is 0 Å². The third-order valence-corrected chi connectivity index (χ3v) is 6.03. The van der Waals surface area contributed by atoms with Gasteiger partial charge < -0.3 is 14.2 Å². The second-order valence-corrected chi connectivity index (χ2v) is 7.93. The highest BCUT2D eigenvalue weighted by atomic mass is 16.5. The highest BCUT2D eigenvalue weighted by molar-refractivity contribution is 5.94. The van der Waals surface area contributed by atoms with E-state index in [2.05, 4.69) is 20.8 Å². The van der Waals surface area contributed by atoms with E-state index in [0.717, 1.165) is 36.6 Å². The fourth-order valence-corrected chi connectivity index (χ4v) is 4.65. The van der Waals surface area contributed by atoms with Gasteiger partial charge >= 0.3 is 0 Å². The van der Waals surface area contributed by atoms with Crippen LogP contribution in [0.4, 0.5) is 0 Å². The van der Waals surface area contributed by atoms with Crippen LogP contribution < -0.4 is 4.74 Å². The Balaban J connectivity index is 1.41. The quantitative estimate of drug-likeness (QED) is 0.670. The lowest BCUT2D eigenvalue weighted by Gasteiger charge is -2.38. The number of likely N-dealkylation sites (tertiary alicyclic amines) is 1. The summed E-state index contributed by atoms with van der Waals surface area (Å²) in [6, 6.07) is 12.3. The molecule has 29 heavy (non-hydrogen) atoms. The van der Waals surface area contributed by atoms with Crippen LogP contribution in [0.3, 0.4) is 0 Å². The zero-order valence-electron chi connectivity index (χ0n) is 16.7. The van der Waals surface area contributed by atoms with E-state index in [1.807, 2.05) is 65.4 Å². The van der Waals surface area contributed by atoms with Gasteiger partial charge in [-0.3, -0.25) is 14.4 Å². The Bertz CT molecular complexity index is 1020. The number of hydrogen-bond acceptors (Lipinski definition) is 4. The molecular weight excluding hydrogens is 366 g/mol. The average molecular weight is 391 g/mol. The summed E-state index contributed by atoms with van der Waals surface area (Å²) in [5.74, 6) is 0.935. The van der Waals surface area contributed by atoms with Crippen LogP contribution >= 0.6 is 0 Å². The van der Waals surface area contributed by atoms with Gasteiger partial charge in [-0.1, -0.05) is 12.1 Å². The van der Waals surface area contributed by atoms with Crippen LogP contribution in [0, 0.1) is 0 Å². The summed E-state index contributed by atoms with van der Waals surface area (Å²) < 4.78 is 9.26. The van der Waals surface area contributed by atoms with E-state index >= 15 is 0 Å². The minimum atomic E-state index is 0.107. The summed E-state index contributed by atoms with van der Waals surface area (Å²) in [7, 11) is 3.60. The molecular formula is C22H25N5O2. The third-order valence-electron chi connectivity index (χ3n) is 6.03. The maximum Gasteiger partial charge on any atom is 0.271 e. The predicted molar refractivity (Wildman–Crippen MR) is 109 cm³/mol. The monoisotopic (exact) mass is 391 g/mol. The summed E-state index contributed by atoms with van der Waals surface area (Å²) in [5.41, 5.74) is 3.10. The summed E-state index contributed by atoms with van der Waals surface area (Å²) in [6.07, 6.45) is 6.02. The van der Waals surface area contributed by atoms with Crippen molar-refractivity contribution in [1.29, 1.82) is 0 Å². The molecule has 7 nitrogen and oxygen atoms in total. The molecule has 7 heteroatoms. The SMILES string of the molecule is COc1ccc(CN2C(=O)c3cccn3[C@H]3CN(Cc4cnn(C)c4)C[C@@H]32)cc1. The zero-order chi connectivity index (χ0) is 20.0. The lowest BCUT2D eigenvalue weighted by Crippen LogP contribution is -2.49. The van der Waals surface area contributed by atoms with Gasteiger partial charge in [0.05, 0.1) is 25.4 Å². The largest absolute Gasteiger partial charge is 0.497 e. The maximum atomic E-state index is 13.3. The Morgan fingerprint density at radius 3 is 2.59 bits per heavy atom. The van der Waals surface area contributed by atoms with Gasteiger partial charge in [-0.2, -0.15) is 5.10 Å². The van der Waals surface area contributed by atoms with Gasteiger partial charge in [-0.15, -0.1) is 0 Å². The number of aromatic nitrogens is 3. The van der Waals surface area contributed by atoms with Crippen LogP contribution in [0.2, 0.25) is 0 Å². The molecule has 150 valence electrons. The summed E-state index contributed by atoms with van der Waals surface area (Å²) in [6.45, 7) is 3.24. The number of methoxy groups -OCH3 is 1. The van der Waals surface area contributed by atoms with E-state index in [-0.39, 0.29) is 18.0 Å². The van der Waals surface area contributed by atoms with Crippen molar-refractivity contribution in [3.05, 3.63) is 71.8 Å². The van der Waals surface area contributed by atoms with E-state index < -0.39 is 0 Å². The molecule has 2 aliphatic heterocycles. The molecule has 0 aliphatic carbocycles. The minimum absolute atomic E-state index is 0.107. The first-order chi connectivity index (χ1) is 14.1. The molecule has 1 saturated heterocycles. The van der Waals surface area contributed by atoms with E-state index in [0.29, 0.717) is 6.54 Å². The van der Waals surface area contributed by atoms with E-state index in [1.54, 1.807) is 7.11 Å². The maximum absolute atomic E-state index is 13.3. The van der Waals surface area contributed by atoms with Crippen molar-refractivity contribution in [2.75, 3.05) is 20.2 Å². The molecule has 0 N–H and O–H groups in total. The lowest BCUT2D eigenvalue weighted by molar-refractivity contribution is 0.0556. The zero-order valence-corrected chi connectivity index (χ0v) is 16.7. The smallest absolute Gasteiger partial charge is 0.271 e. The van der Waals surface area contributed by atoms with Crippen LogP contribution in [-0.4, -0.2) is 56.3 Å². The number of carbonyl (C=O) groups is 1. The van der Waals surface area contributed by atoms with E-state index in [1.165, 1.54) is 5.56 Å². The number of ether oxygens (including phenoxy) is 1. The van der Waals surface area contributed by atoms with Crippen molar-refractivity contribution in [3.8, 4) is 5.75 Å². The fourth-order valence-electron chi connectivity index (χ4n) is 4.65. The Labute approximate surface area is 170 Å². The number of benzene rings is 1. The van der Waals surface area contributed by atoms with Gasteiger partial charge in [-0.25, -0.2) is 0 Å². The average Bonchev–Trinajstić information content (AvgIpc) is 3.45. The molecule has 0 spiro atoms. The molecule has 1 amide bonds. The number of fused-ring (bicyclic) bond motifs is 3. The highest BCUT2D eigenvalue weighted by Gasteiger charge is 2.44. The molecule has 0 bridgehead atoms. The second kappa shape index (κ2) is 7.08. The summed E-state index contributed by atoms with van der Waals surface area (Å²) in [5, 5.41) is 4.28. The van der Waals surface area contributed by atoms with Gasteiger partial charge in [0.15, 0.2) is 0 Å². The Morgan fingerprint density at radius 2 is 1.86 bits per heavy atom. The first kappa shape index (κ1) is 18.0. The van der Waals surface area contributed by atoms with Gasteiger partial charge in [0, 0.05) is 51.2 Å². The highest BCUT2D eigenvalue weighted by Crippen LogP contribution is 2.35. The Morgan fingerprint density at radius 1 is 1.07 bits per heavy atom. The van der Waals surface area contributed by atoms with Crippen molar-refractivity contribution >= 4 is 5.91 Å². The first-order valence-corrected chi connectivity index (χ1v) is 9.93. The molecule has 2 atom stereocenters. The minimum Gasteiger partial charge on any atom is -0.497 e. The van der Waals surface area contributed by atoms with Crippen LogP contribution in [0.1, 0.15) is 27.7 Å². The van der Waals surface area contributed by atoms with Crippen molar-refractivity contribution < 1.29 is 9.53 Å². The standard InChI is InChI=1S/C22H25N5O2/c1-24-11-17(10-23-24)12-25-14-20-21(15-25)27(22(28)19-4-3-9-26(19)20)13-16-5-7-18(29-2)8-6-16/h3-11,20-21H,12-15H2,1-2H3/t20-,21-/m0/s1. The Hall–Kier alpha value is -3.06. The van der Waals surface area contributed by atoms with Crippen LogP contribution in [0.15, 0.2) is 55.0 Å². The third kappa shape index (κ3) is 3.21. The lowest BCUT2D eigenvalue weighted by atomic mass is 10.0. The molecule has 2 aromatic heterocycles. The molecule has 1 fully saturated rings. The molecule has 0 unspecified atom stereocenters. The number of amides is 1. The van der Waals surface area contributed by atoms with E-state index in [4.69, 9.17) is 4.74 Å². The molecule has 1 aromatic carbocycles. The number of rotatable bonds is 5. The van der Waals surface area contributed by atoms with Gasteiger partial charge in [-0.05, 0) is 29.8 Å². The van der Waals surface area contributed by atoms with Gasteiger partial charge in [0.2, 0.25) is 0 Å². The van der Waals surface area contributed by atoms with Crippen LogP contribution in [0.25, 0.3) is 0 Å². The predicted octanol–water partition coefficient (Wildman–Crippen LogP) is 2.31. The van der Waals surface area contributed by atoms with Gasteiger partial charge in [0.25, 0.3) is 5.91 Å². The topological polar surface area (TPSA) is 55.5 Å².